The van der Waals surface area contributed by atoms with Gasteiger partial charge in [0.15, 0.2) is 5.78 Å². The van der Waals surface area contributed by atoms with Gasteiger partial charge in [0, 0.05) is 31.8 Å². The summed E-state index contributed by atoms with van der Waals surface area (Å²) in [7, 11) is 0. The summed E-state index contributed by atoms with van der Waals surface area (Å²) in [5.74, 6) is 0.894. The predicted molar refractivity (Wildman–Crippen MR) is 100 cm³/mol. The second-order valence-electron chi connectivity index (χ2n) is 6.20. The lowest BCUT2D eigenvalue weighted by Crippen LogP contribution is -2.03. The van der Waals surface area contributed by atoms with Crippen LogP contribution in [-0.2, 0) is 20.9 Å². The molecule has 0 fully saturated rings. The SMILES string of the molecule is CCCCCC(=O)/C=C/c1nccn1CCCCCCC(=O)OCC. The van der Waals surface area contributed by atoms with E-state index in [4.69, 9.17) is 4.74 Å². The molecule has 0 radical (unpaired) electrons. The first-order chi connectivity index (χ1) is 12.2. The largest absolute Gasteiger partial charge is 0.466 e. The number of aromatic nitrogens is 2. The number of carbonyl (C=O) groups excluding carboxylic acids is 2. The van der Waals surface area contributed by atoms with Crippen molar-refractivity contribution in [3.05, 3.63) is 24.3 Å². The molecule has 0 amide bonds. The minimum Gasteiger partial charge on any atom is -0.466 e. The summed E-state index contributed by atoms with van der Waals surface area (Å²) < 4.78 is 6.98. The van der Waals surface area contributed by atoms with Gasteiger partial charge in [-0.3, -0.25) is 9.59 Å². The predicted octanol–water partition coefficient (Wildman–Crippen LogP) is 4.56. The van der Waals surface area contributed by atoms with Crippen molar-refractivity contribution in [3.63, 3.8) is 0 Å². The maximum absolute atomic E-state index is 11.8. The van der Waals surface area contributed by atoms with E-state index in [1.165, 1.54) is 0 Å². The molecule has 25 heavy (non-hydrogen) atoms. The number of allylic oxidation sites excluding steroid dienone is 1. The van der Waals surface area contributed by atoms with Crippen LogP contribution >= 0.6 is 0 Å². The Morgan fingerprint density at radius 2 is 1.84 bits per heavy atom. The quantitative estimate of drug-likeness (QED) is 0.281. The summed E-state index contributed by atoms with van der Waals surface area (Å²) in [4.78, 5) is 27.3. The molecule has 1 rings (SSSR count). The summed E-state index contributed by atoms with van der Waals surface area (Å²) in [6.45, 7) is 5.29. The summed E-state index contributed by atoms with van der Waals surface area (Å²) in [5.41, 5.74) is 0. The van der Waals surface area contributed by atoms with Gasteiger partial charge in [-0.05, 0) is 38.3 Å². The first-order valence-electron chi connectivity index (χ1n) is 9.55. The van der Waals surface area contributed by atoms with Crippen molar-refractivity contribution in [3.8, 4) is 0 Å². The molecule has 0 aliphatic carbocycles. The van der Waals surface area contributed by atoms with Gasteiger partial charge in [-0.1, -0.05) is 32.6 Å². The zero-order valence-electron chi connectivity index (χ0n) is 15.7. The van der Waals surface area contributed by atoms with Crippen LogP contribution in [0.1, 0.15) is 77.5 Å². The lowest BCUT2D eigenvalue weighted by Gasteiger charge is -2.05. The van der Waals surface area contributed by atoms with E-state index in [1.807, 2.05) is 19.2 Å². The summed E-state index contributed by atoms with van der Waals surface area (Å²) in [5, 5.41) is 0. The number of rotatable bonds is 14. The third-order valence-corrected chi connectivity index (χ3v) is 4.03. The minimum atomic E-state index is -0.104. The van der Waals surface area contributed by atoms with Gasteiger partial charge in [-0.25, -0.2) is 4.98 Å². The zero-order chi connectivity index (χ0) is 18.3. The molecule has 5 nitrogen and oxygen atoms in total. The van der Waals surface area contributed by atoms with Gasteiger partial charge >= 0.3 is 5.97 Å². The highest BCUT2D eigenvalue weighted by atomic mass is 16.5. The second-order valence-corrected chi connectivity index (χ2v) is 6.20. The van der Waals surface area contributed by atoms with Gasteiger partial charge in [-0.15, -0.1) is 0 Å². The fraction of sp³-hybridized carbons (Fsp3) is 0.650. The van der Waals surface area contributed by atoms with Crippen LogP contribution in [0, 0.1) is 0 Å². The minimum absolute atomic E-state index is 0.104. The summed E-state index contributed by atoms with van der Waals surface area (Å²) in [6, 6.07) is 0. The van der Waals surface area contributed by atoms with E-state index < -0.39 is 0 Å². The molecule has 140 valence electrons. The van der Waals surface area contributed by atoms with Gasteiger partial charge in [0.2, 0.25) is 0 Å². The smallest absolute Gasteiger partial charge is 0.305 e. The number of imidazole rings is 1. The number of hydrogen-bond donors (Lipinski definition) is 0. The van der Waals surface area contributed by atoms with Crippen LogP contribution in [0.3, 0.4) is 0 Å². The average molecular weight is 348 g/mol. The lowest BCUT2D eigenvalue weighted by atomic mass is 10.1. The molecular formula is C20H32N2O3. The van der Waals surface area contributed by atoms with Gasteiger partial charge in [0.05, 0.1) is 6.61 Å². The number of ketones is 1. The Bertz CT molecular complexity index is 535. The Balaban J connectivity index is 2.24. The van der Waals surface area contributed by atoms with E-state index in [-0.39, 0.29) is 11.8 Å². The molecular weight excluding hydrogens is 316 g/mol. The van der Waals surface area contributed by atoms with E-state index in [1.54, 1.807) is 12.3 Å². The van der Waals surface area contributed by atoms with Crippen molar-refractivity contribution < 1.29 is 14.3 Å². The number of hydrogen-bond acceptors (Lipinski definition) is 4. The standard InChI is InChI=1S/C20H32N2O3/c1-3-5-8-11-18(23)13-14-19-21-15-17-22(19)16-10-7-6-9-12-20(24)25-4-2/h13-15,17H,3-12,16H2,1-2H3/b14-13+. The highest BCUT2D eigenvalue weighted by Gasteiger charge is 2.03. The molecule has 1 aromatic heterocycles. The molecule has 0 aliphatic heterocycles. The van der Waals surface area contributed by atoms with Crippen LogP contribution in [0.5, 0.6) is 0 Å². The van der Waals surface area contributed by atoms with E-state index in [2.05, 4.69) is 16.5 Å². The molecule has 5 heteroatoms. The monoisotopic (exact) mass is 348 g/mol. The molecule has 0 aliphatic rings. The number of ether oxygens (including phenoxy) is 1. The molecule has 0 spiro atoms. The molecule has 0 saturated heterocycles. The molecule has 0 aromatic carbocycles. The van der Waals surface area contributed by atoms with E-state index >= 15 is 0 Å². The fourth-order valence-electron chi connectivity index (χ4n) is 2.61. The average Bonchev–Trinajstić information content (AvgIpc) is 3.04. The second kappa shape index (κ2) is 13.4. The Labute approximate surface area is 151 Å². The van der Waals surface area contributed by atoms with Crippen LogP contribution in [0.25, 0.3) is 6.08 Å². The van der Waals surface area contributed by atoms with Crippen molar-refractivity contribution in [2.24, 2.45) is 0 Å². The molecule has 0 atom stereocenters. The number of nitrogens with zero attached hydrogens (tertiary/aromatic N) is 2. The number of unbranched alkanes of at least 4 members (excludes halogenated alkanes) is 5. The van der Waals surface area contributed by atoms with Gasteiger partial charge < -0.3 is 9.30 Å². The van der Waals surface area contributed by atoms with Crippen molar-refractivity contribution in [1.29, 1.82) is 0 Å². The highest BCUT2D eigenvalue weighted by Crippen LogP contribution is 2.09. The normalized spacial score (nSPS) is 11.1. The van der Waals surface area contributed by atoms with Crippen molar-refractivity contribution in [1.82, 2.24) is 9.55 Å². The van der Waals surface area contributed by atoms with Crippen molar-refractivity contribution >= 4 is 17.8 Å². The van der Waals surface area contributed by atoms with E-state index in [9.17, 15) is 9.59 Å². The molecule has 1 heterocycles. The van der Waals surface area contributed by atoms with Crippen LogP contribution in [-0.4, -0.2) is 27.9 Å². The molecule has 1 aromatic rings. The summed E-state index contributed by atoms with van der Waals surface area (Å²) >= 11 is 0. The lowest BCUT2D eigenvalue weighted by molar-refractivity contribution is -0.143. The first-order valence-corrected chi connectivity index (χ1v) is 9.55. The maximum atomic E-state index is 11.8. The van der Waals surface area contributed by atoms with Gasteiger partial charge in [0.1, 0.15) is 5.82 Å². The first kappa shape index (κ1) is 21.1. The van der Waals surface area contributed by atoms with Crippen LogP contribution in [0.15, 0.2) is 18.5 Å². The van der Waals surface area contributed by atoms with Crippen LogP contribution in [0.2, 0.25) is 0 Å². The van der Waals surface area contributed by atoms with E-state index in [0.717, 1.165) is 57.3 Å². The van der Waals surface area contributed by atoms with E-state index in [0.29, 0.717) is 19.4 Å². The van der Waals surface area contributed by atoms with Crippen molar-refractivity contribution in [2.45, 2.75) is 78.2 Å². The Morgan fingerprint density at radius 3 is 2.60 bits per heavy atom. The Morgan fingerprint density at radius 1 is 1.08 bits per heavy atom. The van der Waals surface area contributed by atoms with Crippen LogP contribution < -0.4 is 0 Å². The number of carbonyl (C=O) groups is 2. The third kappa shape index (κ3) is 9.85. The van der Waals surface area contributed by atoms with Crippen molar-refractivity contribution in [2.75, 3.05) is 6.61 Å². The zero-order valence-corrected chi connectivity index (χ0v) is 15.7. The fourth-order valence-corrected chi connectivity index (χ4v) is 2.61. The molecule has 0 N–H and O–H groups in total. The maximum Gasteiger partial charge on any atom is 0.305 e. The molecule has 0 bridgehead atoms. The highest BCUT2D eigenvalue weighted by molar-refractivity contribution is 5.93. The van der Waals surface area contributed by atoms with Gasteiger partial charge in [-0.2, -0.15) is 0 Å². The third-order valence-electron chi connectivity index (χ3n) is 4.03. The Hall–Kier alpha value is -1.91. The molecule has 0 unspecified atom stereocenters. The number of aryl methyl sites for hydroxylation is 1. The topological polar surface area (TPSA) is 61.2 Å². The summed E-state index contributed by atoms with van der Waals surface area (Å²) in [6.07, 6.45) is 15.5. The van der Waals surface area contributed by atoms with Gasteiger partial charge in [0.25, 0.3) is 0 Å². The Kier molecular flexibility index (Phi) is 11.3. The van der Waals surface area contributed by atoms with Crippen LogP contribution in [0.4, 0.5) is 0 Å². The number of esters is 1. The molecule has 0 saturated carbocycles.